The average Bonchev–Trinajstić information content (AvgIpc) is 3.06. The van der Waals surface area contributed by atoms with Crippen LogP contribution >= 0.6 is 0 Å². The van der Waals surface area contributed by atoms with Crippen LogP contribution in [0.1, 0.15) is 18.6 Å². The third kappa shape index (κ3) is 1.99. The van der Waals surface area contributed by atoms with Gasteiger partial charge in [-0.1, -0.05) is 50.0 Å². The van der Waals surface area contributed by atoms with E-state index in [0.717, 1.165) is 5.56 Å². The van der Waals surface area contributed by atoms with E-state index in [1.54, 1.807) is 0 Å². The Balaban J connectivity index is 2.30. The van der Waals surface area contributed by atoms with E-state index in [1.165, 1.54) is 0 Å². The second-order valence-electron chi connectivity index (χ2n) is 5.61. The zero-order valence-electron chi connectivity index (χ0n) is 11.4. The van der Waals surface area contributed by atoms with Crippen molar-refractivity contribution >= 4 is 14.0 Å². The first-order valence-electron chi connectivity index (χ1n) is 6.33. The molecule has 98 valence electrons. The van der Waals surface area contributed by atoms with Gasteiger partial charge in [-0.25, -0.2) is 4.79 Å². The molecule has 0 amide bonds. The summed E-state index contributed by atoms with van der Waals surface area (Å²) in [6, 6.07) is 9.91. The van der Waals surface area contributed by atoms with Gasteiger partial charge in [0.25, 0.3) is 0 Å². The van der Waals surface area contributed by atoms with Gasteiger partial charge in [0, 0.05) is 0 Å². The van der Waals surface area contributed by atoms with E-state index >= 15 is 0 Å². The van der Waals surface area contributed by atoms with Gasteiger partial charge in [-0.15, -0.1) is 0 Å². The van der Waals surface area contributed by atoms with Gasteiger partial charge in [0.05, 0.1) is 6.61 Å². The smallest absolute Gasteiger partial charge is 0.337 e. The van der Waals surface area contributed by atoms with E-state index in [1.807, 2.05) is 37.3 Å². The highest BCUT2D eigenvalue weighted by Crippen LogP contribution is 2.55. The largest absolute Gasteiger partial charge is 0.464 e. The van der Waals surface area contributed by atoms with Crippen LogP contribution in [0.2, 0.25) is 19.6 Å². The molecule has 1 saturated heterocycles. The van der Waals surface area contributed by atoms with E-state index in [-0.39, 0.29) is 12.1 Å². The number of carbonyl (C=O) groups excluding carboxylic acids is 1. The molecule has 1 fully saturated rings. The van der Waals surface area contributed by atoms with Crippen LogP contribution in [0.3, 0.4) is 0 Å². The maximum Gasteiger partial charge on any atom is 0.337 e. The molecule has 0 bridgehead atoms. The molecule has 2 atom stereocenters. The molecule has 1 heterocycles. The fourth-order valence-electron chi connectivity index (χ4n) is 2.35. The number of rotatable bonds is 4. The van der Waals surface area contributed by atoms with Gasteiger partial charge >= 0.3 is 5.97 Å². The van der Waals surface area contributed by atoms with Crippen molar-refractivity contribution in [2.24, 2.45) is 0 Å². The highest BCUT2D eigenvalue weighted by molar-refractivity contribution is 6.83. The Morgan fingerprint density at radius 1 is 1.33 bits per heavy atom. The molecule has 0 aliphatic carbocycles. The number of benzene rings is 1. The van der Waals surface area contributed by atoms with Gasteiger partial charge in [0.2, 0.25) is 0 Å². The predicted molar refractivity (Wildman–Crippen MR) is 73.0 cm³/mol. The van der Waals surface area contributed by atoms with Gasteiger partial charge in [-0.2, -0.15) is 0 Å². The molecule has 1 aromatic rings. The summed E-state index contributed by atoms with van der Waals surface area (Å²) in [6.07, 6.45) is -0.135. The zero-order valence-corrected chi connectivity index (χ0v) is 12.4. The third-order valence-electron chi connectivity index (χ3n) is 3.41. The Morgan fingerprint density at radius 2 is 1.94 bits per heavy atom. The van der Waals surface area contributed by atoms with E-state index in [0.29, 0.717) is 6.61 Å². The molecule has 0 aromatic heterocycles. The molecule has 0 spiro atoms. The fraction of sp³-hybridized carbons (Fsp3) is 0.500. The quantitative estimate of drug-likeness (QED) is 0.477. The van der Waals surface area contributed by atoms with Gasteiger partial charge in [-0.05, 0) is 12.5 Å². The summed E-state index contributed by atoms with van der Waals surface area (Å²) in [4.78, 5) is 12.2. The van der Waals surface area contributed by atoms with Crippen molar-refractivity contribution < 1.29 is 14.3 Å². The highest BCUT2D eigenvalue weighted by Gasteiger charge is 2.71. The maximum atomic E-state index is 12.2. The van der Waals surface area contributed by atoms with Crippen LogP contribution in [0.4, 0.5) is 0 Å². The molecule has 0 N–H and O–H groups in total. The van der Waals surface area contributed by atoms with Crippen LogP contribution < -0.4 is 0 Å². The van der Waals surface area contributed by atoms with E-state index in [9.17, 15) is 4.79 Å². The van der Waals surface area contributed by atoms with E-state index in [4.69, 9.17) is 9.47 Å². The maximum absolute atomic E-state index is 12.2. The monoisotopic (exact) mass is 264 g/mol. The molecule has 18 heavy (non-hydrogen) atoms. The summed E-state index contributed by atoms with van der Waals surface area (Å²) >= 11 is 0. The lowest BCUT2D eigenvalue weighted by Crippen LogP contribution is -2.49. The number of hydrogen-bond donors (Lipinski definition) is 0. The first-order chi connectivity index (χ1) is 8.43. The second kappa shape index (κ2) is 4.52. The Hall–Kier alpha value is -1.13. The number of esters is 1. The molecule has 0 radical (unpaired) electrons. The van der Waals surface area contributed by atoms with Crippen LogP contribution in [-0.4, -0.2) is 25.9 Å². The van der Waals surface area contributed by atoms with Crippen LogP contribution in [0, 0.1) is 0 Å². The standard InChI is InChI=1S/C14H20O3Si/c1-5-16-13(15)14(18(2,3)4)12(17-14)11-9-7-6-8-10-11/h6-10,12H,5H2,1-4H3/t12-,14-/m0/s1. The molecule has 1 aromatic carbocycles. The molecule has 1 aliphatic rings. The van der Waals surface area contributed by atoms with Crippen LogP contribution in [0.25, 0.3) is 0 Å². The van der Waals surface area contributed by atoms with Gasteiger partial charge in [-0.3, -0.25) is 0 Å². The Kier molecular flexibility index (Phi) is 3.34. The lowest BCUT2D eigenvalue weighted by Gasteiger charge is -2.24. The number of hydrogen-bond acceptors (Lipinski definition) is 3. The lowest BCUT2D eigenvalue weighted by atomic mass is 10.1. The Labute approximate surface area is 109 Å². The Bertz CT molecular complexity index is 438. The van der Waals surface area contributed by atoms with E-state index < -0.39 is 13.3 Å². The summed E-state index contributed by atoms with van der Waals surface area (Å²) in [5, 5.41) is -0.704. The fourth-order valence-corrected chi connectivity index (χ4v) is 4.46. The molecule has 0 unspecified atom stereocenters. The molecule has 1 aliphatic heterocycles. The molecule has 0 saturated carbocycles. The van der Waals surface area contributed by atoms with Crippen molar-refractivity contribution in [3.05, 3.63) is 35.9 Å². The number of ether oxygens (including phenoxy) is 2. The second-order valence-corrected chi connectivity index (χ2v) is 10.9. The zero-order chi connectivity index (χ0) is 13.4. The lowest BCUT2D eigenvalue weighted by molar-refractivity contribution is -0.146. The molecular weight excluding hydrogens is 244 g/mol. The normalized spacial score (nSPS) is 26.8. The summed E-state index contributed by atoms with van der Waals surface area (Å²) in [6.45, 7) is 8.66. The van der Waals surface area contributed by atoms with Crippen molar-refractivity contribution in [1.82, 2.24) is 0 Å². The molecular formula is C14H20O3Si. The van der Waals surface area contributed by atoms with Gasteiger partial charge in [0.15, 0.2) is 5.22 Å². The summed E-state index contributed by atoms with van der Waals surface area (Å²) in [5.74, 6) is -0.196. The van der Waals surface area contributed by atoms with Crippen LogP contribution in [0.15, 0.2) is 30.3 Å². The summed E-state index contributed by atoms with van der Waals surface area (Å²) < 4.78 is 11.1. The minimum Gasteiger partial charge on any atom is -0.464 e. The van der Waals surface area contributed by atoms with Crippen molar-refractivity contribution in [3.8, 4) is 0 Å². The molecule has 3 nitrogen and oxygen atoms in total. The third-order valence-corrected chi connectivity index (χ3v) is 6.22. The number of epoxide rings is 1. The van der Waals surface area contributed by atoms with Crippen LogP contribution in [-0.2, 0) is 14.3 Å². The predicted octanol–water partition coefficient (Wildman–Crippen LogP) is 2.94. The minimum atomic E-state index is -1.82. The SMILES string of the molecule is CCOC(=O)[C@]1([Si](C)(C)C)O[C@H]1c1ccccc1. The van der Waals surface area contributed by atoms with Gasteiger partial charge in [0.1, 0.15) is 14.2 Å². The minimum absolute atomic E-state index is 0.135. The van der Waals surface area contributed by atoms with Crippen molar-refractivity contribution in [2.75, 3.05) is 6.61 Å². The Morgan fingerprint density at radius 3 is 2.44 bits per heavy atom. The number of carbonyl (C=O) groups is 1. The first kappa shape index (κ1) is 13.3. The van der Waals surface area contributed by atoms with Crippen molar-refractivity contribution in [2.45, 2.75) is 37.9 Å². The average molecular weight is 264 g/mol. The highest BCUT2D eigenvalue weighted by atomic mass is 28.3. The first-order valence-corrected chi connectivity index (χ1v) is 9.83. The van der Waals surface area contributed by atoms with E-state index in [2.05, 4.69) is 19.6 Å². The van der Waals surface area contributed by atoms with Crippen LogP contribution in [0.5, 0.6) is 0 Å². The van der Waals surface area contributed by atoms with Gasteiger partial charge < -0.3 is 9.47 Å². The summed E-state index contributed by atoms with van der Waals surface area (Å²) in [5.41, 5.74) is 1.06. The van der Waals surface area contributed by atoms with Crippen molar-refractivity contribution in [3.63, 3.8) is 0 Å². The molecule has 2 rings (SSSR count). The topological polar surface area (TPSA) is 38.8 Å². The van der Waals surface area contributed by atoms with Crippen molar-refractivity contribution in [1.29, 1.82) is 0 Å². The summed E-state index contributed by atoms with van der Waals surface area (Å²) in [7, 11) is -1.82. The molecule has 4 heteroatoms.